The number of rotatable bonds is 15. The number of alkyl halides is 2. The molecule has 0 saturated heterocycles. The van der Waals surface area contributed by atoms with Gasteiger partial charge < -0.3 is 9.47 Å². The molecule has 0 aromatic carbocycles. The summed E-state index contributed by atoms with van der Waals surface area (Å²) in [5.41, 5.74) is 0. The maximum absolute atomic E-state index is 5.55. The molecular formula is C14H28Br2O2. The van der Waals surface area contributed by atoms with Gasteiger partial charge in [-0.2, -0.15) is 0 Å². The number of hydrogen-bond acceptors (Lipinski definition) is 2. The molecule has 0 aliphatic heterocycles. The van der Waals surface area contributed by atoms with Crippen LogP contribution >= 0.6 is 31.9 Å². The van der Waals surface area contributed by atoms with Crippen LogP contribution in [0.25, 0.3) is 0 Å². The summed E-state index contributed by atoms with van der Waals surface area (Å²) in [6.07, 6.45) is 9.70. The van der Waals surface area contributed by atoms with E-state index >= 15 is 0 Å². The topological polar surface area (TPSA) is 18.5 Å². The number of unbranched alkanes of at least 4 members (excludes halogenated alkanes) is 5. The van der Waals surface area contributed by atoms with Gasteiger partial charge in [0.1, 0.15) is 0 Å². The Balaban J connectivity index is 2.86. The molecule has 0 aliphatic carbocycles. The van der Waals surface area contributed by atoms with Crippen molar-refractivity contribution < 1.29 is 9.47 Å². The van der Waals surface area contributed by atoms with E-state index in [-0.39, 0.29) is 0 Å². The lowest BCUT2D eigenvalue weighted by Crippen LogP contribution is -1.99. The average molecular weight is 388 g/mol. The van der Waals surface area contributed by atoms with E-state index in [0.717, 1.165) is 37.1 Å². The lowest BCUT2D eigenvalue weighted by Gasteiger charge is -2.05. The molecule has 0 amide bonds. The number of halogens is 2. The first kappa shape index (κ1) is 18.9. The molecule has 0 aliphatic rings. The van der Waals surface area contributed by atoms with Crippen LogP contribution in [0.2, 0.25) is 0 Å². The van der Waals surface area contributed by atoms with Crippen LogP contribution in [0.4, 0.5) is 0 Å². The van der Waals surface area contributed by atoms with Crippen molar-refractivity contribution >= 4 is 31.9 Å². The summed E-state index contributed by atoms with van der Waals surface area (Å²) in [7, 11) is 0. The molecule has 0 radical (unpaired) electrons. The van der Waals surface area contributed by atoms with Crippen LogP contribution in [0.3, 0.4) is 0 Å². The molecule has 0 saturated carbocycles. The second kappa shape index (κ2) is 17.9. The van der Waals surface area contributed by atoms with Gasteiger partial charge >= 0.3 is 0 Å². The van der Waals surface area contributed by atoms with Gasteiger partial charge in [-0.15, -0.1) is 0 Å². The molecule has 2 nitrogen and oxygen atoms in total. The van der Waals surface area contributed by atoms with Gasteiger partial charge in [0.2, 0.25) is 0 Å². The molecule has 0 spiro atoms. The molecular weight excluding hydrogens is 360 g/mol. The number of ether oxygens (including phenoxy) is 2. The Morgan fingerprint density at radius 1 is 0.444 bits per heavy atom. The van der Waals surface area contributed by atoms with Crippen LogP contribution in [0.15, 0.2) is 0 Å². The molecule has 110 valence electrons. The van der Waals surface area contributed by atoms with E-state index < -0.39 is 0 Å². The molecule has 0 atom stereocenters. The van der Waals surface area contributed by atoms with E-state index in [1.807, 2.05) is 0 Å². The molecule has 4 heteroatoms. The minimum Gasteiger partial charge on any atom is -0.381 e. The van der Waals surface area contributed by atoms with Crippen molar-refractivity contribution in [2.75, 3.05) is 37.1 Å². The Hall–Kier alpha value is 0.880. The molecule has 0 rings (SSSR count). The van der Waals surface area contributed by atoms with Crippen LogP contribution in [0.1, 0.15) is 51.4 Å². The third kappa shape index (κ3) is 16.9. The summed E-state index contributed by atoms with van der Waals surface area (Å²) in [4.78, 5) is 0. The van der Waals surface area contributed by atoms with Gasteiger partial charge in [0.15, 0.2) is 0 Å². The van der Waals surface area contributed by atoms with E-state index in [0.29, 0.717) is 0 Å². The molecule has 0 aromatic heterocycles. The summed E-state index contributed by atoms with van der Waals surface area (Å²) in [6.45, 7) is 3.69. The van der Waals surface area contributed by atoms with Gasteiger partial charge in [0, 0.05) is 37.1 Å². The minimum absolute atomic E-state index is 0.919. The quantitative estimate of drug-likeness (QED) is 0.293. The molecule has 0 fully saturated rings. The molecule has 0 bridgehead atoms. The molecule has 0 N–H and O–H groups in total. The van der Waals surface area contributed by atoms with Crippen LogP contribution < -0.4 is 0 Å². The number of hydrogen-bond donors (Lipinski definition) is 0. The molecule has 18 heavy (non-hydrogen) atoms. The molecule has 0 heterocycles. The van der Waals surface area contributed by atoms with Crippen LogP contribution in [-0.4, -0.2) is 37.1 Å². The Kier molecular flexibility index (Phi) is 18.8. The SMILES string of the molecule is BrCCCCOCCCCCCOCCCCBr. The highest BCUT2D eigenvalue weighted by atomic mass is 79.9. The Bertz CT molecular complexity index is 130. The predicted octanol–water partition coefficient (Wildman–Crippen LogP) is 4.93. The van der Waals surface area contributed by atoms with Crippen molar-refractivity contribution in [3.8, 4) is 0 Å². The van der Waals surface area contributed by atoms with E-state index in [2.05, 4.69) is 31.9 Å². The van der Waals surface area contributed by atoms with Gasteiger partial charge in [-0.25, -0.2) is 0 Å². The fraction of sp³-hybridized carbons (Fsp3) is 1.00. The normalized spacial score (nSPS) is 11.0. The van der Waals surface area contributed by atoms with Crippen LogP contribution in [0, 0.1) is 0 Å². The summed E-state index contributed by atoms with van der Waals surface area (Å²) >= 11 is 6.83. The lowest BCUT2D eigenvalue weighted by molar-refractivity contribution is 0.119. The zero-order chi connectivity index (χ0) is 13.3. The average Bonchev–Trinajstić information content (AvgIpc) is 2.39. The monoisotopic (exact) mass is 386 g/mol. The fourth-order valence-corrected chi connectivity index (χ4v) is 2.36. The van der Waals surface area contributed by atoms with E-state index in [4.69, 9.17) is 9.47 Å². The van der Waals surface area contributed by atoms with E-state index in [1.54, 1.807) is 0 Å². The largest absolute Gasteiger partial charge is 0.381 e. The Morgan fingerprint density at radius 2 is 0.778 bits per heavy atom. The highest BCUT2D eigenvalue weighted by Crippen LogP contribution is 2.02. The molecule has 0 unspecified atom stereocenters. The highest BCUT2D eigenvalue weighted by molar-refractivity contribution is 9.09. The smallest absolute Gasteiger partial charge is 0.0466 e. The van der Waals surface area contributed by atoms with Gasteiger partial charge in [-0.3, -0.25) is 0 Å². The summed E-state index contributed by atoms with van der Waals surface area (Å²) in [5.74, 6) is 0. The van der Waals surface area contributed by atoms with Gasteiger partial charge in [0.05, 0.1) is 0 Å². The lowest BCUT2D eigenvalue weighted by atomic mass is 10.2. The van der Waals surface area contributed by atoms with Crippen molar-refractivity contribution in [3.05, 3.63) is 0 Å². The second-order valence-electron chi connectivity index (χ2n) is 4.43. The summed E-state index contributed by atoms with van der Waals surface area (Å²) < 4.78 is 11.1. The van der Waals surface area contributed by atoms with Gasteiger partial charge in [0.25, 0.3) is 0 Å². The van der Waals surface area contributed by atoms with Crippen molar-refractivity contribution in [3.63, 3.8) is 0 Å². The van der Waals surface area contributed by atoms with E-state index in [9.17, 15) is 0 Å². The Morgan fingerprint density at radius 3 is 1.11 bits per heavy atom. The van der Waals surface area contributed by atoms with Crippen LogP contribution in [-0.2, 0) is 9.47 Å². The first-order valence-electron chi connectivity index (χ1n) is 7.19. The van der Waals surface area contributed by atoms with Crippen molar-refractivity contribution in [1.82, 2.24) is 0 Å². The van der Waals surface area contributed by atoms with E-state index in [1.165, 1.54) is 51.4 Å². The summed E-state index contributed by atoms with van der Waals surface area (Å²) in [5, 5.41) is 2.18. The maximum Gasteiger partial charge on any atom is 0.0466 e. The van der Waals surface area contributed by atoms with Crippen molar-refractivity contribution in [2.24, 2.45) is 0 Å². The third-order valence-corrected chi connectivity index (χ3v) is 3.79. The zero-order valence-corrected chi connectivity index (χ0v) is 14.6. The van der Waals surface area contributed by atoms with Gasteiger partial charge in [-0.1, -0.05) is 44.7 Å². The van der Waals surface area contributed by atoms with Crippen LogP contribution in [0.5, 0.6) is 0 Å². The zero-order valence-electron chi connectivity index (χ0n) is 11.5. The predicted molar refractivity (Wildman–Crippen MR) is 86.2 cm³/mol. The van der Waals surface area contributed by atoms with Gasteiger partial charge in [-0.05, 0) is 38.5 Å². The third-order valence-electron chi connectivity index (χ3n) is 2.67. The highest BCUT2D eigenvalue weighted by Gasteiger charge is 1.93. The first-order valence-corrected chi connectivity index (χ1v) is 9.43. The standard InChI is InChI=1S/C14H28Br2O2/c15-9-3-7-13-17-11-5-1-2-6-12-18-14-8-4-10-16/h1-14H2. The fourth-order valence-electron chi connectivity index (χ4n) is 1.56. The maximum atomic E-state index is 5.55. The second-order valence-corrected chi connectivity index (χ2v) is 6.02. The Labute approximate surface area is 129 Å². The first-order chi connectivity index (χ1) is 8.91. The van der Waals surface area contributed by atoms with Crippen molar-refractivity contribution in [1.29, 1.82) is 0 Å². The molecule has 0 aromatic rings. The minimum atomic E-state index is 0.919. The summed E-state index contributed by atoms with van der Waals surface area (Å²) in [6, 6.07) is 0. The van der Waals surface area contributed by atoms with Crippen molar-refractivity contribution in [2.45, 2.75) is 51.4 Å².